The first-order chi connectivity index (χ1) is 7.81. The molecule has 1 aromatic rings. The molecular weight excluding hydrogens is 220 g/mol. The van der Waals surface area contributed by atoms with Crippen LogP contribution in [0.3, 0.4) is 0 Å². The zero-order valence-electron chi connectivity index (χ0n) is 11.0. The number of nitrogens with one attached hydrogen (secondary N) is 1. The Balaban J connectivity index is 2.70. The van der Waals surface area contributed by atoms with Gasteiger partial charge in [-0.25, -0.2) is 8.78 Å². The lowest BCUT2D eigenvalue weighted by molar-refractivity contribution is 0.315. The fourth-order valence-electron chi connectivity index (χ4n) is 1.97. The molecule has 96 valence electrons. The number of likely N-dealkylation sites (N-methyl/N-ethyl adjacent to an activating group) is 1. The van der Waals surface area contributed by atoms with Gasteiger partial charge < -0.3 is 5.32 Å². The fourth-order valence-corrected chi connectivity index (χ4v) is 1.97. The molecule has 0 fully saturated rings. The molecule has 1 atom stereocenters. The van der Waals surface area contributed by atoms with E-state index in [1.807, 2.05) is 7.05 Å². The van der Waals surface area contributed by atoms with Crippen molar-refractivity contribution in [2.24, 2.45) is 5.41 Å². The van der Waals surface area contributed by atoms with Gasteiger partial charge in [0.1, 0.15) is 0 Å². The number of rotatable bonds is 4. The van der Waals surface area contributed by atoms with Crippen molar-refractivity contribution in [3.63, 3.8) is 0 Å². The maximum atomic E-state index is 13.1. The summed E-state index contributed by atoms with van der Waals surface area (Å²) in [6.45, 7) is 6.51. The first-order valence-electron chi connectivity index (χ1n) is 5.93. The molecule has 0 amide bonds. The minimum atomic E-state index is -0.787. The molecule has 0 saturated heterocycles. The molecule has 1 unspecified atom stereocenters. The summed E-state index contributed by atoms with van der Waals surface area (Å²) in [6.07, 6.45) is 1.70. The largest absolute Gasteiger partial charge is 0.317 e. The van der Waals surface area contributed by atoms with Crippen LogP contribution >= 0.6 is 0 Å². The van der Waals surface area contributed by atoms with Crippen molar-refractivity contribution in [2.45, 2.75) is 39.7 Å². The van der Waals surface area contributed by atoms with Gasteiger partial charge in [-0.2, -0.15) is 0 Å². The van der Waals surface area contributed by atoms with Gasteiger partial charge in [-0.3, -0.25) is 0 Å². The van der Waals surface area contributed by atoms with Crippen LogP contribution in [0.25, 0.3) is 0 Å². The highest BCUT2D eigenvalue weighted by atomic mass is 19.2. The minimum absolute atomic E-state index is 0.215. The maximum absolute atomic E-state index is 13.1. The van der Waals surface area contributed by atoms with E-state index >= 15 is 0 Å². The highest BCUT2D eigenvalue weighted by Crippen LogP contribution is 2.22. The summed E-state index contributed by atoms with van der Waals surface area (Å²) in [5.41, 5.74) is 1.04. The predicted octanol–water partition coefficient (Wildman–Crippen LogP) is 3.53. The summed E-state index contributed by atoms with van der Waals surface area (Å²) in [5.74, 6) is -1.56. The van der Waals surface area contributed by atoms with Crippen molar-refractivity contribution < 1.29 is 8.78 Å². The standard InChI is InChI=1S/C14H21F2N/c1-14(2,3)9-11(17-4)7-10-5-6-12(15)13(16)8-10/h5-6,8,11,17H,7,9H2,1-4H3. The van der Waals surface area contributed by atoms with Crippen molar-refractivity contribution in [1.29, 1.82) is 0 Å². The third-order valence-corrected chi connectivity index (χ3v) is 2.73. The Labute approximate surface area is 102 Å². The summed E-state index contributed by atoms with van der Waals surface area (Å²) >= 11 is 0. The van der Waals surface area contributed by atoms with Crippen molar-refractivity contribution in [3.8, 4) is 0 Å². The zero-order valence-corrected chi connectivity index (χ0v) is 11.0. The maximum Gasteiger partial charge on any atom is 0.159 e. The Morgan fingerprint density at radius 2 is 1.82 bits per heavy atom. The second-order valence-corrected chi connectivity index (χ2v) is 5.70. The van der Waals surface area contributed by atoms with E-state index in [0.717, 1.165) is 12.0 Å². The van der Waals surface area contributed by atoms with Gasteiger partial charge in [0.2, 0.25) is 0 Å². The lowest BCUT2D eigenvalue weighted by Crippen LogP contribution is -2.32. The molecule has 0 saturated carbocycles. The number of hydrogen-bond acceptors (Lipinski definition) is 1. The number of halogens is 2. The highest BCUT2D eigenvalue weighted by molar-refractivity contribution is 5.18. The Bertz CT molecular complexity index is 369. The monoisotopic (exact) mass is 241 g/mol. The Morgan fingerprint density at radius 1 is 1.18 bits per heavy atom. The first-order valence-corrected chi connectivity index (χ1v) is 5.93. The van der Waals surface area contributed by atoms with Crippen LogP contribution in [-0.2, 0) is 6.42 Å². The van der Waals surface area contributed by atoms with Crippen LogP contribution in [-0.4, -0.2) is 13.1 Å². The third-order valence-electron chi connectivity index (χ3n) is 2.73. The molecule has 0 aliphatic carbocycles. The van der Waals surface area contributed by atoms with E-state index in [1.54, 1.807) is 6.07 Å². The minimum Gasteiger partial charge on any atom is -0.317 e. The van der Waals surface area contributed by atoms with Gasteiger partial charge in [-0.1, -0.05) is 26.8 Å². The third kappa shape index (κ3) is 4.82. The van der Waals surface area contributed by atoms with E-state index in [2.05, 4.69) is 26.1 Å². The second-order valence-electron chi connectivity index (χ2n) is 5.70. The Hall–Kier alpha value is -0.960. The van der Waals surface area contributed by atoms with Crippen LogP contribution in [0.5, 0.6) is 0 Å². The Morgan fingerprint density at radius 3 is 2.29 bits per heavy atom. The molecule has 0 aromatic heterocycles. The number of hydrogen-bond donors (Lipinski definition) is 1. The zero-order chi connectivity index (χ0) is 13.1. The highest BCUT2D eigenvalue weighted by Gasteiger charge is 2.18. The Kier molecular flexibility index (Phi) is 4.63. The van der Waals surface area contributed by atoms with E-state index in [0.29, 0.717) is 6.42 Å². The lowest BCUT2D eigenvalue weighted by Gasteiger charge is -2.25. The van der Waals surface area contributed by atoms with Gasteiger partial charge in [0.25, 0.3) is 0 Å². The van der Waals surface area contributed by atoms with E-state index in [1.165, 1.54) is 12.1 Å². The van der Waals surface area contributed by atoms with E-state index in [4.69, 9.17) is 0 Å². The summed E-state index contributed by atoms with van der Waals surface area (Å²) in [6, 6.07) is 4.39. The molecule has 0 spiro atoms. The molecule has 1 aromatic carbocycles. The molecule has 3 heteroatoms. The van der Waals surface area contributed by atoms with Gasteiger partial charge in [0.15, 0.2) is 11.6 Å². The molecule has 1 N–H and O–H groups in total. The first kappa shape index (κ1) is 14.1. The fraction of sp³-hybridized carbons (Fsp3) is 0.571. The van der Waals surface area contributed by atoms with Gasteiger partial charge in [-0.05, 0) is 43.0 Å². The summed E-state index contributed by atoms with van der Waals surface area (Å²) in [7, 11) is 1.90. The topological polar surface area (TPSA) is 12.0 Å². The van der Waals surface area contributed by atoms with Crippen molar-refractivity contribution in [1.82, 2.24) is 5.32 Å². The van der Waals surface area contributed by atoms with E-state index < -0.39 is 11.6 Å². The van der Waals surface area contributed by atoms with Gasteiger partial charge in [0.05, 0.1) is 0 Å². The lowest BCUT2D eigenvalue weighted by atomic mass is 9.86. The van der Waals surface area contributed by atoms with Crippen LogP contribution in [0.1, 0.15) is 32.8 Å². The molecule has 1 rings (SSSR count). The normalized spacial score (nSPS) is 13.8. The van der Waals surface area contributed by atoms with Crippen LogP contribution in [0.4, 0.5) is 8.78 Å². The molecule has 0 heterocycles. The quantitative estimate of drug-likeness (QED) is 0.850. The van der Waals surface area contributed by atoms with Crippen LogP contribution in [0.2, 0.25) is 0 Å². The van der Waals surface area contributed by atoms with E-state index in [9.17, 15) is 8.78 Å². The molecular formula is C14H21F2N. The summed E-state index contributed by atoms with van der Waals surface area (Å²) in [5, 5.41) is 3.22. The number of benzene rings is 1. The van der Waals surface area contributed by atoms with Crippen LogP contribution in [0, 0.1) is 17.0 Å². The molecule has 1 nitrogen and oxygen atoms in total. The van der Waals surface area contributed by atoms with Gasteiger partial charge in [0, 0.05) is 6.04 Å². The average molecular weight is 241 g/mol. The second kappa shape index (κ2) is 5.58. The van der Waals surface area contributed by atoms with Crippen molar-refractivity contribution in [2.75, 3.05) is 7.05 Å². The van der Waals surface area contributed by atoms with E-state index in [-0.39, 0.29) is 11.5 Å². The van der Waals surface area contributed by atoms with Crippen LogP contribution < -0.4 is 5.32 Å². The molecule has 0 aliphatic heterocycles. The van der Waals surface area contributed by atoms with Gasteiger partial charge >= 0.3 is 0 Å². The summed E-state index contributed by atoms with van der Waals surface area (Å²) < 4.78 is 25.9. The predicted molar refractivity (Wildman–Crippen MR) is 67.0 cm³/mol. The van der Waals surface area contributed by atoms with Crippen LogP contribution in [0.15, 0.2) is 18.2 Å². The smallest absolute Gasteiger partial charge is 0.159 e. The molecule has 17 heavy (non-hydrogen) atoms. The van der Waals surface area contributed by atoms with Crippen molar-refractivity contribution in [3.05, 3.63) is 35.4 Å². The molecule has 0 bridgehead atoms. The molecule has 0 aliphatic rings. The summed E-state index contributed by atoms with van der Waals surface area (Å²) in [4.78, 5) is 0. The average Bonchev–Trinajstić information content (AvgIpc) is 2.20. The van der Waals surface area contributed by atoms with Gasteiger partial charge in [-0.15, -0.1) is 0 Å². The van der Waals surface area contributed by atoms with Crippen molar-refractivity contribution >= 4 is 0 Å². The SMILES string of the molecule is CNC(Cc1ccc(F)c(F)c1)CC(C)(C)C. The molecule has 0 radical (unpaired) electrons.